The molecule has 0 aliphatic rings. The summed E-state index contributed by atoms with van der Waals surface area (Å²) in [6.07, 6.45) is 2.16. The van der Waals surface area contributed by atoms with Crippen molar-refractivity contribution in [2.24, 2.45) is 5.73 Å². The molecular weight excluding hydrogens is 414 g/mol. The third kappa shape index (κ3) is 6.21. The molecule has 10 heteroatoms. The molecule has 0 radical (unpaired) electrons. The van der Waals surface area contributed by atoms with E-state index in [1.165, 1.54) is 55.3 Å². The summed E-state index contributed by atoms with van der Waals surface area (Å²) < 4.78 is 33.2. The molecular formula is C19H23N3O5S2. The van der Waals surface area contributed by atoms with Gasteiger partial charge in [-0.25, -0.2) is 8.42 Å². The van der Waals surface area contributed by atoms with E-state index in [4.69, 9.17) is 10.5 Å². The average Bonchev–Trinajstić information content (AvgIpc) is 2.71. The zero-order chi connectivity index (χ0) is 21.4. The lowest BCUT2D eigenvalue weighted by Crippen LogP contribution is -2.44. The minimum atomic E-state index is -3.99. The molecule has 2 rings (SSSR count). The van der Waals surface area contributed by atoms with Crippen LogP contribution in [0.25, 0.3) is 0 Å². The van der Waals surface area contributed by atoms with Gasteiger partial charge in [0.05, 0.1) is 7.11 Å². The summed E-state index contributed by atoms with van der Waals surface area (Å²) in [4.78, 5) is 23.8. The minimum absolute atomic E-state index is 0.0461. The molecule has 0 aliphatic carbocycles. The van der Waals surface area contributed by atoms with Gasteiger partial charge in [-0.15, -0.1) is 0 Å². The van der Waals surface area contributed by atoms with Gasteiger partial charge in [-0.05, 0) is 54.8 Å². The number of ether oxygens (including phenoxy) is 1. The second kappa shape index (κ2) is 10.3. The summed E-state index contributed by atoms with van der Waals surface area (Å²) in [5, 5.41) is 2.66. The molecule has 2 amide bonds. The van der Waals surface area contributed by atoms with Crippen molar-refractivity contribution in [2.75, 3.05) is 24.4 Å². The molecule has 29 heavy (non-hydrogen) atoms. The van der Waals surface area contributed by atoms with Crippen molar-refractivity contribution in [1.82, 2.24) is 4.72 Å². The third-order valence-corrected chi connectivity index (χ3v) is 6.18. The SMILES string of the molecule is COc1ccccc1S(=O)(=O)N[C@H](CCSC)C(=O)Nc1ccc(C(N)=O)cc1. The number of benzene rings is 2. The van der Waals surface area contributed by atoms with Crippen molar-refractivity contribution in [2.45, 2.75) is 17.4 Å². The number of primary amides is 1. The number of nitrogens with one attached hydrogen (secondary N) is 2. The van der Waals surface area contributed by atoms with E-state index in [1.54, 1.807) is 12.1 Å². The smallest absolute Gasteiger partial charge is 0.248 e. The first-order valence-corrected chi connectivity index (χ1v) is 11.5. The van der Waals surface area contributed by atoms with Gasteiger partial charge in [-0.3, -0.25) is 9.59 Å². The molecule has 0 aromatic heterocycles. The Kier molecular flexibility index (Phi) is 8.06. The standard InChI is InChI=1S/C19H23N3O5S2/c1-27-16-5-3-4-6-17(16)29(25,26)22-15(11-12-28-2)19(24)21-14-9-7-13(8-10-14)18(20)23/h3-10,15,22H,11-12H2,1-2H3,(H2,20,23)(H,21,24)/t15-/m1/s1. The number of carbonyl (C=O) groups excluding carboxylic acids is 2. The van der Waals surface area contributed by atoms with E-state index in [2.05, 4.69) is 10.0 Å². The Morgan fingerprint density at radius 1 is 1.14 bits per heavy atom. The van der Waals surface area contributed by atoms with Crippen LogP contribution in [0.5, 0.6) is 5.75 Å². The number of rotatable bonds is 10. The lowest BCUT2D eigenvalue weighted by molar-refractivity contribution is -0.117. The molecule has 0 spiro atoms. The third-order valence-electron chi connectivity index (χ3n) is 4.02. The molecule has 1 atom stereocenters. The Labute approximate surface area is 174 Å². The zero-order valence-corrected chi connectivity index (χ0v) is 17.7. The number of para-hydroxylation sites is 1. The fraction of sp³-hybridized carbons (Fsp3) is 0.263. The highest BCUT2D eigenvalue weighted by molar-refractivity contribution is 7.98. The van der Waals surface area contributed by atoms with Crippen LogP contribution in [0.3, 0.4) is 0 Å². The van der Waals surface area contributed by atoms with Gasteiger partial charge in [-0.2, -0.15) is 16.5 Å². The number of hydrogen-bond donors (Lipinski definition) is 3. The predicted octanol–water partition coefficient (Wildman–Crippen LogP) is 1.83. The summed E-state index contributed by atoms with van der Waals surface area (Å²) in [6.45, 7) is 0. The van der Waals surface area contributed by atoms with Crippen LogP contribution in [0.15, 0.2) is 53.4 Å². The van der Waals surface area contributed by atoms with Gasteiger partial charge < -0.3 is 15.8 Å². The molecule has 0 unspecified atom stereocenters. The highest BCUT2D eigenvalue weighted by atomic mass is 32.2. The number of sulfonamides is 1. The molecule has 0 bridgehead atoms. The fourth-order valence-electron chi connectivity index (χ4n) is 2.52. The molecule has 156 valence electrons. The first kappa shape index (κ1) is 22.7. The van der Waals surface area contributed by atoms with Gasteiger partial charge in [0, 0.05) is 11.3 Å². The number of nitrogens with two attached hydrogens (primary N) is 1. The molecule has 0 heterocycles. The minimum Gasteiger partial charge on any atom is -0.495 e. The quantitative estimate of drug-likeness (QED) is 0.520. The Hall–Kier alpha value is -2.56. The van der Waals surface area contributed by atoms with E-state index in [-0.39, 0.29) is 10.6 Å². The summed E-state index contributed by atoms with van der Waals surface area (Å²) in [6, 6.07) is 11.2. The highest BCUT2D eigenvalue weighted by Crippen LogP contribution is 2.23. The van der Waals surface area contributed by atoms with Crippen LogP contribution in [0, 0.1) is 0 Å². The number of amides is 2. The molecule has 0 aliphatic heterocycles. The number of methoxy groups -OCH3 is 1. The van der Waals surface area contributed by atoms with Crippen LogP contribution in [0.4, 0.5) is 5.69 Å². The first-order chi connectivity index (χ1) is 13.8. The van der Waals surface area contributed by atoms with Gasteiger partial charge >= 0.3 is 0 Å². The Bertz CT molecular complexity index is 962. The van der Waals surface area contributed by atoms with E-state index in [0.717, 1.165) is 0 Å². The molecule has 0 fully saturated rings. The number of hydrogen-bond acceptors (Lipinski definition) is 6. The Morgan fingerprint density at radius 2 is 1.79 bits per heavy atom. The van der Waals surface area contributed by atoms with Crippen molar-refractivity contribution < 1.29 is 22.7 Å². The summed E-state index contributed by atoms with van der Waals surface area (Å²) in [5.74, 6) is -0.326. The van der Waals surface area contributed by atoms with Crippen LogP contribution < -0.4 is 20.5 Å². The van der Waals surface area contributed by atoms with Crippen molar-refractivity contribution in [3.05, 3.63) is 54.1 Å². The Morgan fingerprint density at radius 3 is 2.38 bits per heavy atom. The van der Waals surface area contributed by atoms with Crippen LogP contribution >= 0.6 is 11.8 Å². The highest BCUT2D eigenvalue weighted by Gasteiger charge is 2.27. The lowest BCUT2D eigenvalue weighted by atomic mass is 10.2. The predicted molar refractivity (Wildman–Crippen MR) is 114 cm³/mol. The van der Waals surface area contributed by atoms with E-state index in [1.807, 2.05) is 6.26 Å². The van der Waals surface area contributed by atoms with Gasteiger partial charge in [0.1, 0.15) is 16.7 Å². The van der Waals surface area contributed by atoms with E-state index < -0.39 is 27.9 Å². The summed E-state index contributed by atoms with van der Waals surface area (Å²) in [7, 11) is -2.62. The monoisotopic (exact) mass is 437 g/mol. The maximum atomic E-state index is 12.8. The molecule has 2 aromatic rings. The maximum absolute atomic E-state index is 12.8. The second-order valence-corrected chi connectivity index (χ2v) is 8.71. The van der Waals surface area contributed by atoms with Crippen molar-refractivity contribution >= 4 is 39.3 Å². The van der Waals surface area contributed by atoms with Crippen molar-refractivity contribution in [1.29, 1.82) is 0 Å². The van der Waals surface area contributed by atoms with Crippen LogP contribution in [-0.2, 0) is 14.8 Å². The molecule has 0 saturated heterocycles. The van der Waals surface area contributed by atoms with Crippen molar-refractivity contribution in [3.63, 3.8) is 0 Å². The molecule has 0 saturated carbocycles. The number of carbonyl (C=O) groups is 2. The lowest BCUT2D eigenvalue weighted by Gasteiger charge is -2.19. The normalized spacial score (nSPS) is 12.2. The molecule has 2 aromatic carbocycles. The van der Waals surface area contributed by atoms with Gasteiger partial charge in [0.2, 0.25) is 21.8 Å². The topological polar surface area (TPSA) is 128 Å². The number of thioether (sulfide) groups is 1. The van der Waals surface area contributed by atoms with Crippen LogP contribution in [0.2, 0.25) is 0 Å². The van der Waals surface area contributed by atoms with E-state index in [0.29, 0.717) is 23.4 Å². The molecule has 8 nitrogen and oxygen atoms in total. The average molecular weight is 438 g/mol. The van der Waals surface area contributed by atoms with E-state index >= 15 is 0 Å². The van der Waals surface area contributed by atoms with Gasteiger partial charge in [-0.1, -0.05) is 12.1 Å². The van der Waals surface area contributed by atoms with Gasteiger partial charge in [0.25, 0.3) is 0 Å². The summed E-state index contributed by atoms with van der Waals surface area (Å²) >= 11 is 1.50. The van der Waals surface area contributed by atoms with Crippen LogP contribution in [-0.4, -0.2) is 45.4 Å². The van der Waals surface area contributed by atoms with Crippen LogP contribution in [0.1, 0.15) is 16.8 Å². The maximum Gasteiger partial charge on any atom is 0.248 e. The number of anilines is 1. The zero-order valence-electron chi connectivity index (χ0n) is 16.0. The molecule has 4 N–H and O–H groups in total. The summed E-state index contributed by atoms with van der Waals surface area (Å²) in [5.41, 5.74) is 5.93. The van der Waals surface area contributed by atoms with E-state index in [9.17, 15) is 18.0 Å². The van der Waals surface area contributed by atoms with Gasteiger partial charge in [0.15, 0.2) is 0 Å². The second-order valence-electron chi connectivity index (χ2n) is 6.04. The largest absolute Gasteiger partial charge is 0.495 e. The first-order valence-electron chi connectivity index (χ1n) is 8.63. The fourth-order valence-corrected chi connectivity index (χ4v) is 4.39. The Balaban J connectivity index is 2.21. The van der Waals surface area contributed by atoms with Crippen molar-refractivity contribution in [3.8, 4) is 5.75 Å².